The third kappa shape index (κ3) is 5.21. The maximum Gasteiger partial charge on any atom is 0.241 e. The average Bonchev–Trinajstić information content (AvgIpc) is 2.61. The van der Waals surface area contributed by atoms with Gasteiger partial charge in [-0.1, -0.05) is 13.8 Å². The van der Waals surface area contributed by atoms with Gasteiger partial charge in [-0.25, -0.2) is 0 Å². The first-order valence-electron chi connectivity index (χ1n) is 7.05. The van der Waals surface area contributed by atoms with E-state index in [1.54, 1.807) is 4.68 Å². The molecule has 0 spiro atoms. The number of aryl methyl sites for hydroxylation is 1. The standard InChI is InChI=1S/C14H26N4O2/c1-10(2)9-20-7-5-6-16-13(19)8-18-12(4)14(15)11(3)17-18/h10H,5-9,15H2,1-4H3,(H,16,19). The van der Waals surface area contributed by atoms with Crippen LogP contribution in [0.1, 0.15) is 31.7 Å². The molecule has 1 heterocycles. The van der Waals surface area contributed by atoms with Gasteiger partial charge in [-0.05, 0) is 26.2 Å². The molecule has 6 heteroatoms. The molecule has 0 aliphatic rings. The SMILES string of the molecule is Cc1nn(CC(=O)NCCCOCC(C)C)c(C)c1N. The second-order valence-electron chi connectivity index (χ2n) is 5.41. The highest BCUT2D eigenvalue weighted by Crippen LogP contribution is 2.14. The maximum atomic E-state index is 11.8. The first kappa shape index (κ1) is 16.5. The van der Waals surface area contributed by atoms with Crippen LogP contribution in [-0.4, -0.2) is 35.4 Å². The van der Waals surface area contributed by atoms with Gasteiger partial charge in [-0.2, -0.15) is 5.10 Å². The van der Waals surface area contributed by atoms with E-state index >= 15 is 0 Å². The lowest BCUT2D eigenvalue weighted by molar-refractivity contribution is -0.121. The number of carbonyl (C=O) groups excluding carboxylic acids is 1. The lowest BCUT2D eigenvalue weighted by Gasteiger charge is -2.08. The Morgan fingerprint density at radius 3 is 2.70 bits per heavy atom. The summed E-state index contributed by atoms with van der Waals surface area (Å²) < 4.78 is 7.08. The zero-order chi connectivity index (χ0) is 15.1. The lowest BCUT2D eigenvalue weighted by Crippen LogP contribution is -2.29. The van der Waals surface area contributed by atoms with Crippen molar-refractivity contribution in [3.05, 3.63) is 11.4 Å². The minimum atomic E-state index is -0.0561. The van der Waals surface area contributed by atoms with Gasteiger partial charge in [0.05, 0.1) is 17.1 Å². The van der Waals surface area contributed by atoms with Crippen molar-refractivity contribution in [2.24, 2.45) is 5.92 Å². The smallest absolute Gasteiger partial charge is 0.241 e. The second-order valence-corrected chi connectivity index (χ2v) is 5.41. The topological polar surface area (TPSA) is 82.2 Å². The number of nitrogen functional groups attached to an aromatic ring is 1. The van der Waals surface area contributed by atoms with Crippen LogP contribution in [0.25, 0.3) is 0 Å². The Balaban J connectivity index is 2.22. The van der Waals surface area contributed by atoms with Crippen LogP contribution in [0.2, 0.25) is 0 Å². The quantitative estimate of drug-likeness (QED) is 0.703. The number of nitrogens with one attached hydrogen (secondary N) is 1. The molecular formula is C14H26N4O2. The van der Waals surface area contributed by atoms with Crippen molar-refractivity contribution in [3.8, 4) is 0 Å². The highest BCUT2D eigenvalue weighted by Gasteiger charge is 2.10. The second kappa shape index (κ2) is 7.89. The van der Waals surface area contributed by atoms with Crippen molar-refractivity contribution in [1.82, 2.24) is 15.1 Å². The van der Waals surface area contributed by atoms with Crippen LogP contribution < -0.4 is 11.1 Å². The number of ether oxygens (including phenoxy) is 1. The molecule has 1 amide bonds. The Morgan fingerprint density at radius 1 is 1.45 bits per heavy atom. The summed E-state index contributed by atoms with van der Waals surface area (Å²) in [4.78, 5) is 11.8. The van der Waals surface area contributed by atoms with E-state index < -0.39 is 0 Å². The molecule has 1 aromatic heterocycles. The zero-order valence-electron chi connectivity index (χ0n) is 12.9. The molecular weight excluding hydrogens is 256 g/mol. The number of nitrogens with zero attached hydrogens (tertiary/aromatic N) is 2. The molecule has 0 bridgehead atoms. The number of aromatic nitrogens is 2. The summed E-state index contributed by atoms with van der Waals surface area (Å²) >= 11 is 0. The Bertz CT molecular complexity index is 441. The number of hydrogen-bond donors (Lipinski definition) is 2. The van der Waals surface area contributed by atoms with E-state index in [-0.39, 0.29) is 12.5 Å². The maximum absolute atomic E-state index is 11.8. The number of nitrogens with two attached hydrogens (primary N) is 1. The first-order valence-corrected chi connectivity index (χ1v) is 7.05. The molecule has 1 aromatic rings. The molecule has 0 radical (unpaired) electrons. The van der Waals surface area contributed by atoms with E-state index in [0.29, 0.717) is 24.8 Å². The van der Waals surface area contributed by atoms with Crippen molar-refractivity contribution in [2.45, 2.75) is 40.7 Å². The fraction of sp³-hybridized carbons (Fsp3) is 0.714. The number of amides is 1. The summed E-state index contributed by atoms with van der Waals surface area (Å²) in [5.41, 5.74) is 8.07. The summed E-state index contributed by atoms with van der Waals surface area (Å²) in [5, 5.41) is 7.09. The van der Waals surface area contributed by atoms with Crippen LogP contribution >= 0.6 is 0 Å². The minimum Gasteiger partial charge on any atom is -0.396 e. The van der Waals surface area contributed by atoms with Crippen LogP contribution in [0.15, 0.2) is 0 Å². The molecule has 3 N–H and O–H groups in total. The van der Waals surface area contributed by atoms with Crippen LogP contribution in [0.3, 0.4) is 0 Å². The highest BCUT2D eigenvalue weighted by atomic mass is 16.5. The van der Waals surface area contributed by atoms with E-state index in [1.165, 1.54) is 0 Å². The predicted octanol–water partition coefficient (Wildman–Crippen LogP) is 1.26. The van der Waals surface area contributed by atoms with Crippen molar-refractivity contribution < 1.29 is 9.53 Å². The van der Waals surface area contributed by atoms with Gasteiger partial charge in [0.15, 0.2) is 0 Å². The molecule has 0 saturated heterocycles. The Labute approximate surface area is 120 Å². The highest BCUT2D eigenvalue weighted by molar-refractivity contribution is 5.75. The van der Waals surface area contributed by atoms with Crippen molar-refractivity contribution in [1.29, 1.82) is 0 Å². The normalized spacial score (nSPS) is 11.1. The summed E-state index contributed by atoms with van der Waals surface area (Å²) in [6, 6.07) is 0. The summed E-state index contributed by atoms with van der Waals surface area (Å²) in [5.74, 6) is 0.487. The number of rotatable bonds is 8. The van der Waals surface area contributed by atoms with Crippen molar-refractivity contribution >= 4 is 11.6 Å². The van der Waals surface area contributed by atoms with E-state index in [1.807, 2.05) is 13.8 Å². The first-order chi connectivity index (χ1) is 9.41. The molecule has 114 valence electrons. The van der Waals surface area contributed by atoms with Gasteiger partial charge in [0.2, 0.25) is 5.91 Å². The zero-order valence-corrected chi connectivity index (χ0v) is 12.9. The van der Waals surface area contributed by atoms with Gasteiger partial charge in [0, 0.05) is 19.8 Å². The van der Waals surface area contributed by atoms with Crippen molar-refractivity contribution in [2.75, 3.05) is 25.5 Å². The molecule has 0 atom stereocenters. The van der Waals surface area contributed by atoms with E-state index in [2.05, 4.69) is 24.3 Å². The molecule has 0 saturated carbocycles. The van der Waals surface area contributed by atoms with Crippen LogP contribution in [0.4, 0.5) is 5.69 Å². The lowest BCUT2D eigenvalue weighted by atomic mass is 10.2. The number of carbonyl (C=O) groups is 1. The largest absolute Gasteiger partial charge is 0.396 e. The summed E-state index contributed by atoms with van der Waals surface area (Å²) in [7, 11) is 0. The van der Waals surface area contributed by atoms with E-state index in [4.69, 9.17) is 10.5 Å². The third-order valence-corrected chi connectivity index (χ3v) is 2.97. The number of hydrogen-bond acceptors (Lipinski definition) is 4. The van der Waals surface area contributed by atoms with Gasteiger partial charge in [0.1, 0.15) is 6.54 Å². The molecule has 1 rings (SSSR count). The Kier molecular flexibility index (Phi) is 6.51. The minimum absolute atomic E-state index is 0.0561. The molecule has 0 fully saturated rings. The van der Waals surface area contributed by atoms with E-state index in [9.17, 15) is 4.79 Å². The van der Waals surface area contributed by atoms with Gasteiger partial charge >= 0.3 is 0 Å². The van der Waals surface area contributed by atoms with Gasteiger partial charge in [-0.15, -0.1) is 0 Å². The molecule has 6 nitrogen and oxygen atoms in total. The summed E-state index contributed by atoms with van der Waals surface area (Å²) in [6.07, 6.45) is 0.817. The van der Waals surface area contributed by atoms with Crippen LogP contribution in [0, 0.1) is 19.8 Å². The monoisotopic (exact) mass is 282 g/mol. The molecule has 0 unspecified atom stereocenters. The van der Waals surface area contributed by atoms with Crippen LogP contribution in [-0.2, 0) is 16.1 Å². The van der Waals surface area contributed by atoms with Crippen LogP contribution in [0.5, 0.6) is 0 Å². The average molecular weight is 282 g/mol. The third-order valence-electron chi connectivity index (χ3n) is 2.97. The molecule has 0 aliphatic carbocycles. The fourth-order valence-corrected chi connectivity index (χ4v) is 1.78. The molecule has 20 heavy (non-hydrogen) atoms. The summed E-state index contributed by atoms with van der Waals surface area (Å²) in [6.45, 7) is 10.2. The van der Waals surface area contributed by atoms with Gasteiger partial charge in [-0.3, -0.25) is 9.48 Å². The fourth-order valence-electron chi connectivity index (χ4n) is 1.78. The van der Waals surface area contributed by atoms with Crippen molar-refractivity contribution in [3.63, 3.8) is 0 Å². The number of anilines is 1. The van der Waals surface area contributed by atoms with E-state index in [0.717, 1.165) is 24.4 Å². The molecule has 0 aliphatic heterocycles. The molecule has 0 aromatic carbocycles. The van der Waals surface area contributed by atoms with Gasteiger partial charge < -0.3 is 15.8 Å². The van der Waals surface area contributed by atoms with Gasteiger partial charge in [0.25, 0.3) is 0 Å². The predicted molar refractivity (Wildman–Crippen MR) is 79.4 cm³/mol. The Morgan fingerprint density at radius 2 is 2.15 bits per heavy atom. The Hall–Kier alpha value is -1.56.